The molecule has 0 aromatic heterocycles. The number of rotatable bonds is 6. The molecule has 2 aliphatic rings. The monoisotopic (exact) mass is 613 g/mol. The van der Waals surface area contributed by atoms with Gasteiger partial charge in [-0.3, -0.25) is 23.5 Å². The zero-order chi connectivity index (χ0) is 31.3. The number of methoxy groups -OCH3 is 2. The van der Waals surface area contributed by atoms with Crippen LogP contribution in [0.5, 0.6) is 17.2 Å². The summed E-state index contributed by atoms with van der Waals surface area (Å²) in [6.07, 6.45) is -1.50. The average Bonchev–Trinajstić information content (AvgIpc) is 3.10. The molecule has 4 aromatic rings. The highest BCUT2D eigenvalue weighted by atomic mass is 32.2. The van der Waals surface area contributed by atoms with Crippen molar-refractivity contribution in [2.75, 3.05) is 14.2 Å². The van der Waals surface area contributed by atoms with Crippen LogP contribution in [0.2, 0.25) is 0 Å². The Morgan fingerprint density at radius 2 is 1.45 bits per heavy atom. The zero-order valence-corrected chi connectivity index (χ0v) is 24.8. The van der Waals surface area contributed by atoms with Crippen molar-refractivity contribution in [1.82, 2.24) is 4.90 Å². The second-order valence-electron chi connectivity index (χ2n) is 10.5. The number of fused-ring (bicyclic) bond motifs is 4. The Morgan fingerprint density at radius 3 is 2.07 bits per heavy atom. The van der Waals surface area contributed by atoms with Gasteiger partial charge in [-0.25, -0.2) is 0 Å². The van der Waals surface area contributed by atoms with Gasteiger partial charge < -0.3 is 14.6 Å². The van der Waals surface area contributed by atoms with Gasteiger partial charge in [-0.1, -0.05) is 42.0 Å². The zero-order valence-electron chi connectivity index (χ0n) is 23.9. The molecule has 4 aromatic carbocycles. The first-order valence-electron chi connectivity index (χ1n) is 13.6. The molecule has 0 bridgehead atoms. The quantitative estimate of drug-likeness (QED) is 0.237. The van der Waals surface area contributed by atoms with Crippen molar-refractivity contribution in [2.24, 2.45) is 0 Å². The minimum atomic E-state index is -4.38. The van der Waals surface area contributed by atoms with E-state index in [1.807, 2.05) is 6.92 Å². The lowest BCUT2D eigenvalue weighted by Gasteiger charge is -2.28. The molecule has 44 heavy (non-hydrogen) atoms. The molecule has 11 heteroatoms. The summed E-state index contributed by atoms with van der Waals surface area (Å²) in [5, 5.41) is 10.4. The van der Waals surface area contributed by atoms with Crippen LogP contribution >= 0.6 is 0 Å². The van der Waals surface area contributed by atoms with E-state index in [0.717, 1.165) is 16.5 Å². The normalized spacial score (nSPS) is 17.4. The van der Waals surface area contributed by atoms with E-state index < -0.39 is 45.3 Å². The Balaban J connectivity index is 1.63. The molecule has 1 aliphatic heterocycles. The first-order chi connectivity index (χ1) is 21.1. The van der Waals surface area contributed by atoms with Crippen molar-refractivity contribution < 1.29 is 36.8 Å². The molecule has 6 rings (SSSR count). The lowest BCUT2D eigenvalue weighted by Crippen LogP contribution is -2.35. The third-order valence-corrected chi connectivity index (χ3v) is 9.27. The van der Waals surface area contributed by atoms with E-state index in [0.29, 0.717) is 22.4 Å². The number of hydrogen-bond donors (Lipinski definition) is 1. The van der Waals surface area contributed by atoms with Crippen LogP contribution < -0.4 is 14.9 Å². The van der Waals surface area contributed by atoms with Gasteiger partial charge in [-0.05, 0) is 66.1 Å². The Morgan fingerprint density at radius 1 is 0.795 bits per heavy atom. The molecular weight excluding hydrogens is 586 g/mol. The van der Waals surface area contributed by atoms with Crippen molar-refractivity contribution in [1.29, 1.82) is 0 Å². The van der Waals surface area contributed by atoms with E-state index in [2.05, 4.69) is 0 Å². The van der Waals surface area contributed by atoms with Gasteiger partial charge in [0.15, 0.2) is 17.2 Å². The van der Waals surface area contributed by atoms with Crippen molar-refractivity contribution in [3.63, 3.8) is 0 Å². The molecule has 1 N–H and O–H groups in total. The van der Waals surface area contributed by atoms with Crippen molar-refractivity contribution >= 4 is 21.9 Å². The van der Waals surface area contributed by atoms with Gasteiger partial charge in [0.25, 0.3) is 21.9 Å². The summed E-state index contributed by atoms with van der Waals surface area (Å²) in [5.41, 5.74) is 1.61. The molecule has 1 heterocycles. The highest BCUT2D eigenvalue weighted by Gasteiger charge is 2.45. The summed E-state index contributed by atoms with van der Waals surface area (Å²) >= 11 is 0. The molecule has 2 atom stereocenters. The number of aryl methyl sites for hydroxylation is 1. The second-order valence-corrected chi connectivity index (χ2v) is 12.1. The Kier molecular flexibility index (Phi) is 7.22. The number of ether oxygens (including phenoxy) is 2. The first kappa shape index (κ1) is 29.1. The van der Waals surface area contributed by atoms with E-state index in [9.17, 15) is 27.9 Å². The molecule has 0 spiro atoms. The van der Waals surface area contributed by atoms with Gasteiger partial charge in [0.2, 0.25) is 5.43 Å². The molecule has 224 valence electrons. The van der Waals surface area contributed by atoms with Gasteiger partial charge in [-0.2, -0.15) is 8.42 Å². The second kappa shape index (κ2) is 10.9. The van der Waals surface area contributed by atoms with E-state index in [-0.39, 0.29) is 33.8 Å². The summed E-state index contributed by atoms with van der Waals surface area (Å²) in [4.78, 5) is 41.5. The maximum absolute atomic E-state index is 13.8. The summed E-state index contributed by atoms with van der Waals surface area (Å²) in [7, 11) is -1.53. The van der Waals surface area contributed by atoms with Gasteiger partial charge in [0.05, 0.1) is 36.3 Å². The molecule has 0 fully saturated rings. The van der Waals surface area contributed by atoms with E-state index >= 15 is 0 Å². The summed E-state index contributed by atoms with van der Waals surface area (Å²) in [5.74, 6) is -1.28. The summed E-state index contributed by atoms with van der Waals surface area (Å²) in [6.45, 7) is 1.82. The van der Waals surface area contributed by atoms with Gasteiger partial charge in [0, 0.05) is 12.0 Å². The van der Waals surface area contributed by atoms with Crippen LogP contribution in [0.15, 0.2) is 88.6 Å². The van der Waals surface area contributed by atoms with Crippen LogP contribution in [0.3, 0.4) is 0 Å². The molecule has 0 saturated heterocycles. The van der Waals surface area contributed by atoms with Crippen molar-refractivity contribution in [3.8, 4) is 28.4 Å². The SMILES string of the molecule is COc1ccc2c(c1OC)-c1ccc(O)c(=O)cc1C(N1C(=O)c3ccccc3C1=O)CC2OS(=O)(=O)c1ccc(C)cc1. The minimum Gasteiger partial charge on any atom is -0.504 e. The standard InChI is InChI=1S/C33H27NO9S/c1-18-8-10-19(11-9-18)44(39,40)43-29-17-25(34-32(37)21-6-4-5-7-22(21)33(34)38)24-16-27(36)26(35)14-12-20(24)30-23(29)13-15-28(41-2)31(30)42-3/h4-16,25,29H,17H2,1-3H3,(H,35,36). The van der Waals surface area contributed by atoms with Crippen LogP contribution in [0, 0.1) is 6.92 Å². The molecule has 2 amide bonds. The number of hydrogen-bond acceptors (Lipinski definition) is 9. The highest BCUT2D eigenvalue weighted by molar-refractivity contribution is 7.86. The van der Waals surface area contributed by atoms with Gasteiger partial charge >= 0.3 is 0 Å². The molecular formula is C33H27NO9S. The largest absolute Gasteiger partial charge is 0.504 e. The Labute approximate surface area is 253 Å². The third-order valence-electron chi connectivity index (χ3n) is 7.94. The van der Waals surface area contributed by atoms with E-state index in [1.54, 1.807) is 36.4 Å². The summed E-state index contributed by atoms with van der Waals surface area (Å²) < 4.78 is 44.5. The van der Waals surface area contributed by atoms with Crippen molar-refractivity contribution in [2.45, 2.75) is 30.4 Å². The van der Waals surface area contributed by atoms with Crippen LogP contribution in [0.1, 0.15) is 56.0 Å². The average molecular weight is 614 g/mol. The topological polar surface area (TPSA) is 137 Å². The van der Waals surface area contributed by atoms with E-state index in [4.69, 9.17) is 13.7 Å². The predicted molar refractivity (Wildman–Crippen MR) is 159 cm³/mol. The lowest BCUT2D eigenvalue weighted by atomic mass is 9.95. The molecule has 0 saturated carbocycles. The maximum atomic E-state index is 13.8. The fraction of sp³-hybridized carbons (Fsp3) is 0.182. The first-order valence-corrected chi connectivity index (χ1v) is 15.1. The van der Waals surface area contributed by atoms with Crippen LogP contribution in [-0.2, 0) is 14.3 Å². The molecule has 2 unspecified atom stereocenters. The third kappa shape index (κ3) is 4.70. The molecule has 0 radical (unpaired) electrons. The fourth-order valence-electron chi connectivity index (χ4n) is 5.82. The van der Waals surface area contributed by atoms with Crippen LogP contribution in [-0.4, -0.2) is 44.5 Å². The number of carbonyl (C=O) groups is 2. The van der Waals surface area contributed by atoms with Gasteiger partial charge in [0.1, 0.15) is 6.10 Å². The Bertz CT molecular complexity index is 1970. The summed E-state index contributed by atoms with van der Waals surface area (Å²) in [6, 6.07) is 18.3. The van der Waals surface area contributed by atoms with Gasteiger partial charge in [-0.15, -0.1) is 0 Å². The van der Waals surface area contributed by atoms with Crippen LogP contribution in [0.4, 0.5) is 0 Å². The molecule has 10 nitrogen and oxygen atoms in total. The number of amides is 2. The number of nitrogens with zero attached hydrogens (tertiary/aromatic N) is 1. The fourth-order valence-corrected chi connectivity index (χ4v) is 6.89. The van der Waals surface area contributed by atoms with Crippen molar-refractivity contribution in [3.05, 3.63) is 117 Å². The lowest BCUT2D eigenvalue weighted by molar-refractivity contribution is 0.0533. The van der Waals surface area contributed by atoms with E-state index in [1.165, 1.54) is 50.6 Å². The predicted octanol–water partition coefficient (Wildman–Crippen LogP) is 4.93. The van der Waals surface area contributed by atoms with Crippen LogP contribution in [0.25, 0.3) is 11.1 Å². The minimum absolute atomic E-state index is 0.0812. The number of benzene rings is 3. The highest BCUT2D eigenvalue weighted by Crippen LogP contribution is 2.52. The number of aromatic hydroxyl groups is 1. The molecule has 1 aliphatic carbocycles. The Hall–Kier alpha value is -5.00. The number of carbonyl (C=O) groups excluding carboxylic acids is 2. The maximum Gasteiger partial charge on any atom is 0.297 e. The number of imide groups is 1. The smallest absolute Gasteiger partial charge is 0.297 e.